The third kappa shape index (κ3) is 4.16. The number of hydrogen-bond acceptors (Lipinski definition) is 3. The second kappa shape index (κ2) is 7.94. The zero-order valence-electron chi connectivity index (χ0n) is 17.0. The maximum Gasteiger partial charge on any atom is 0.328 e. The van der Waals surface area contributed by atoms with Crippen molar-refractivity contribution in [2.45, 2.75) is 43.9 Å². The van der Waals surface area contributed by atoms with Gasteiger partial charge in [0.1, 0.15) is 5.75 Å². The first-order valence-electron chi connectivity index (χ1n) is 10.4. The molecule has 0 amide bonds. The summed E-state index contributed by atoms with van der Waals surface area (Å²) in [7, 11) is 1.72. The summed E-state index contributed by atoms with van der Waals surface area (Å²) in [5.41, 5.74) is 4.15. The molecule has 0 unspecified atom stereocenters. The Hall–Kier alpha value is -2.75. The molecule has 29 heavy (non-hydrogen) atoms. The van der Waals surface area contributed by atoms with E-state index in [1.165, 1.54) is 50.2 Å². The van der Waals surface area contributed by atoms with Crippen LogP contribution in [0.3, 0.4) is 0 Å². The molecular weight excluding hydrogens is 362 g/mol. The highest BCUT2D eigenvalue weighted by molar-refractivity contribution is 5.85. The van der Waals surface area contributed by atoms with E-state index >= 15 is 0 Å². The number of rotatable bonds is 7. The number of benzene rings is 2. The van der Waals surface area contributed by atoms with Crippen molar-refractivity contribution in [3.8, 4) is 5.75 Å². The zero-order valence-corrected chi connectivity index (χ0v) is 17.0. The fourth-order valence-electron chi connectivity index (χ4n) is 5.12. The fraction of sp³-hybridized carbons (Fsp3) is 0.400. The van der Waals surface area contributed by atoms with Crippen LogP contribution >= 0.6 is 0 Å². The molecule has 0 atom stereocenters. The van der Waals surface area contributed by atoms with E-state index in [1.54, 1.807) is 13.2 Å². The van der Waals surface area contributed by atoms with E-state index in [4.69, 9.17) is 9.84 Å². The second-order valence-electron chi connectivity index (χ2n) is 8.66. The first-order chi connectivity index (χ1) is 14.0. The van der Waals surface area contributed by atoms with Gasteiger partial charge in [0.15, 0.2) is 0 Å². The maximum atomic E-state index is 10.7. The average Bonchev–Trinajstić information content (AvgIpc) is 2.78. The molecule has 152 valence electrons. The second-order valence-corrected chi connectivity index (χ2v) is 8.66. The van der Waals surface area contributed by atoms with E-state index in [0.717, 1.165) is 23.5 Å². The molecule has 0 heterocycles. The largest absolute Gasteiger partial charge is 0.497 e. The van der Waals surface area contributed by atoms with Crippen LogP contribution in [0.5, 0.6) is 5.75 Å². The van der Waals surface area contributed by atoms with Crippen LogP contribution in [0.4, 0.5) is 5.69 Å². The Kier molecular flexibility index (Phi) is 5.35. The number of nitrogens with one attached hydrogen (secondary N) is 1. The van der Waals surface area contributed by atoms with Gasteiger partial charge in [-0.2, -0.15) is 0 Å². The Morgan fingerprint density at radius 2 is 1.76 bits per heavy atom. The summed E-state index contributed by atoms with van der Waals surface area (Å²) in [5.74, 6) is 0.00255. The van der Waals surface area contributed by atoms with Crippen molar-refractivity contribution in [2.75, 3.05) is 19.0 Å². The molecule has 2 aromatic rings. The van der Waals surface area contributed by atoms with Crippen molar-refractivity contribution in [2.24, 2.45) is 5.41 Å². The monoisotopic (exact) mass is 391 g/mol. The molecule has 3 aliphatic rings. The topological polar surface area (TPSA) is 58.6 Å². The number of carboxylic acid groups (broad SMARTS) is 1. The first-order valence-corrected chi connectivity index (χ1v) is 10.4. The number of carboxylic acids is 1. The molecule has 0 aromatic heterocycles. The van der Waals surface area contributed by atoms with E-state index < -0.39 is 5.97 Å². The third-order valence-corrected chi connectivity index (χ3v) is 7.08. The van der Waals surface area contributed by atoms with Gasteiger partial charge in [0.2, 0.25) is 0 Å². The molecule has 4 nitrogen and oxygen atoms in total. The van der Waals surface area contributed by atoms with Gasteiger partial charge in [-0.3, -0.25) is 0 Å². The van der Waals surface area contributed by atoms with Gasteiger partial charge in [-0.15, -0.1) is 0 Å². The molecule has 0 spiro atoms. The Morgan fingerprint density at radius 3 is 2.38 bits per heavy atom. The van der Waals surface area contributed by atoms with Crippen molar-refractivity contribution in [3.63, 3.8) is 0 Å². The Bertz CT molecular complexity index is 876. The van der Waals surface area contributed by atoms with Crippen LogP contribution in [0.1, 0.15) is 49.7 Å². The predicted molar refractivity (Wildman–Crippen MR) is 116 cm³/mol. The normalized spacial score (nSPS) is 25.8. The van der Waals surface area contributed by atoms with Crippen molar-refractivity contribution < 1.29 is 14.6 Å². The first kappa shape index (κ1) is 19.6. The molecule has 2 N–H and O–H groups in total. The summed E-state index contributed by atoms with van der Waals surface area (Å²) >= 11 is 0. The van der Waals surface area contributed by atoms with Crippen LogP contribution in [0, 0.1) is 5.41 Å². The summed E-state index contributed by atoms with van der Waals surface area (Å²) in [6, 6.07) is 16.7. The van der Waals surface area contributed by atoms with Crippen LogP contribution in [0.15, 0.2) is 54.6 Å². The minimum absolute atomic E-state index is 0.343. The highest BCUT2D eigenvalue weighted by Gasteiger charge is 2.49. The van der Waals surface area contributed by atoms with Crippen LogP contribution in [-0.2, 0) is 10.2 Å². The van der Waals surface area contributed by atoms with Crippen molar-refractivity contribution in [1.29, 1.82) is 0 Å². The van der Waals surface area contributed by atoms with Gasteiger partial charge >= 0.3 is 5.97 Å². The minimum atomic E-state index is -0.924. The molecule has 2 bridgehead atoms. The zero-order chi connectivity index (χ0) is 20.3. The molecule has 0 radical (unpaired) electrons. The minimum Gasteiger partial charge on any atom is -0.497 e. The summed E-state index contributed by atoms with van der Waals surface area (Å²) in [6.45, 7) is 0.984. The number of ether oxygens (including phenoxy) is 1. The van der Waals surface area contributed by atoms with Gasteiger partial charge in [0, 0.05) is 18.3 Å². The molecule has 2 aromatic carbocycles. The van der Waals surface area contributed by atoms with Crippen LogP contribution in [-0.4, -0.2) is 24.7 Å². The average molecular weight is 392 g/mol. The third-order valence-electron chi connectivity index (χ3n) is 7.08. The summed E-state index contributed by atoms with van der Waals surface area (Å²) in [6.07, 6.45) is 10.3. The molecule has 3 aliphatic carbocycles. The molecule has 0 saturated heterocycles. The number of anilines is 1. The molecule has 0 aliphatic heterocycles. The molecule has 5 rings (SSSR count). The number of aliphatic carboxylic acids is 1. The van der Waals surface area contributed by atoms with Crippen LogP contribution in [0.25, 0.3) is 6.08 Å². The van der Waals surface area contributed by atoms with Crippen LogP contribution < -0.4 is 10.1 Å². The lowest BCUT2D eigenvalue weighted by molar-refractivity contribution is -0.131. The van der Waals surface area contributed by atoms with E-state index in [9.17, 15) is 4.79 Å². The standard InChI is InChI=1S/C25H29NO3/c1-29-22-8-6-20(7-9-22)25-14-11-24(12-15-25,13-16-25)18-26-21-4-2-3-19(17-21)5-10-23(27)28/h2-10,17,26H,11-16,18H2,1H3,(H,27,28)/b10-5+. The summed E-state index contributed by atoms with van der Waals surface area (Å²) < 4.78 is 5.32. The Labute approximate surface area is 172 Å². The molecule has 4 heteroatoms. The predicted octanol–water partition coefficient (Wildman–Crippen LogP) is 5.50. The number of fused-ring (bicyclic) bond motifs is 3. The highest BCUT2D eigenvalue weighted by Crippen LogP contribution is 2.57. The molecular formula is C25H29NO3. The van der Waals surface area contributed by atoms with Crippen molar-refractivity contribution >= 4 is 17.7 Å². The number of methoxy groups -OCH3 is 1. The van der Waals surface area contributed by atoms with Gasteiger partial charge in [-0.1, -0.05) is 24.3 Å². The van der Waals surface area contributed by atoms with E-state index in [2.05, 4.69) is 35.6 Å². The lowest BCUT2D eigenvalue weighted by atomic mass is 9.52. The van der Waals surface area contributed by atoms with E-state index in [0.29, 0.717) is 10.8 Å². The van der Waals surface area contributed by atoms with Gasteiger partial charge in [0.25, 0.3) is 0 Å². The SMILES string of the molecule is COc1ccc(C23CCC(CNc4cccc(/C=C/C(=O)O)c4)(CC2)CC3)cc1. The van der Waals surface area contributed by atoms with Gasteiger partial charge in [-0.25, -0.2) is 4.79 Å². The Balaban J connectivity index is 1.39. The highest BCUT2D eigenvalue weighted by atomic mass is 16.5. The number of carbonyl (C=O) groups is 1. The van der Waals surface area contributed by atoms with Crippen LogP contribution in [0.2, 0.25) is 0 Å². The quantitative estimate of drug-likeness (QED) is 0.612. The van der Waals surface area contributed by atoms with Gasteiger partial charge < -0.3 is 15.2 Å². The van der Waals surface area contributed by atoms with Gasteiger partial charge in [0.05, 0.1) is 7.11 Å². The van der Waals surface area contributed by atoms with Crippen molar-refractivity contribution in [3.05, 3.63) is 65.7 Å². The number of hydrogen-bond donors (Lipinski definition) is 2. The fourth-order valence-corrected chi connectivity index (χ4v) is 5.12. The maximum absolute atomic E-state index is 10.7. The summed E-state index contributed by atoms with van der Waals surface area (Å²) in [4.78, 5) is 10.7. The molecule has 3 saturated carbocycles. The van der Waals surface area contributed by atoms with Gasteiger partial charge in [-0.05, 0) is 90.8 Å². The summed E-state index contributed by atoms with van der Waals surface area (Å²) in [5, 5.41) is 12.4. The Morgan fingerprint density at radius 1 is 1.07 bits per heavy atom. The van der Waals surface area contributed by atoms with E-state index in [-0.39, 0.29) is 0 Å². The molecule has 3 fully saturated rings. The lowest BCUT2D eigenvalue weighted by Gasteiger charge is -2.54. The lowest BCUT2D eigenvalue weighted by Crippen LogP contribution is -2.47. The smallest absolute Gasteiger partial charge is 0.328 e. The van der Waals surface area contributed by atoms with Crippen molar-refractivity contribution in [1.82, 2.24) is 0 Å². The van der Waals surface area contributed by atoms with E-state index in [1.807, 2.05) is 18.2 Å².